The molecule has 0 atom stereocenters. The normalized spacial score (nSPS) is 25.7. The van der Waals surface area contributed by atoms with Gasteiger partial charge in [0.05, 0.1) is 13.2 Å². The predicted octanol–water partition coefficient (Wildman–Crippen LogP) is 11.2. The van der Waals surface area contributed by atoms with Crippen LogP contribution in [0.1, 0.15) is 155 Å². The average molecular weight is 487 g/mol. The van der Waals surface area contributed by atoms with E-state index in [1.54, 1.807) is 0 Å². The van der Waals surface area contributed by atoms with Crippen LogP contribution in [-0.4, -0.2) is 13.2 Å². The highest BCUT2D eigenvalue weighted by Gasteiger charge is 2.19. The van der Waals surface area contributed by atoms with Gasteiger partial charge in [0.25, 0.3) is 0 Å². The Morgan fingerprint density at radius 3 is 1.26 bits per heavy atom. The van der Waals surface area contributed by atoms with Crippen molar-refractivity contribution >= 4 is 0 Å². The minimum absolute atomic E-state index is 0.785. The summed E-state index contributed by atoms with van der Waals surface area (Å²) >= 11 is 0. The summed E-state index contributed by atoms with van der Waals surface area (Å²) in [6, 6.07) is 0. The maximum atomic E-state index is 5.87. The molecule has 1 nitrogen and oxygen atoms in total. The fraction of sp³-hybridized carbons (Fsp3) is 0.882. The van der Waals surface area contributed by atoms with Crippen LogP contribution < -0.4 is 0 Å². The van der Waals surface area contributed by atoms with E-state index in [0.29, 0.717) is 0 Å². The molecule has 0 radical (unpaired) electrons. The highest BCUT2D eigenvalue weighted by molar-refractivity contribution is 4.93. The molecule has 0 aliphatic heterocycles. The van der Waals surface area contributed by atoms with Crippen LogP contribution in [0.3, 0.4) is 0 Å². The van der Waals surface area contributed by atoms with E-state index in [1.165, 1.54) is 141 Å². The van der Waals surface area contributed by atoms with Crippen molar-refractivity contribution in [3.05, 3.63) is 24.3 Å². The van der Waals surface area contributed by atoms with E-state index in [-0.39, 0.29) is 0 Å². The molecule has 0 aromatic rings. The van der Waals surface area contributed by atoms with Crippen LogP contribution in [0.5, 0.6) is 0 Å². The molecule has 0 N–H and O–H groups in total. The van der Waals surface area contributed by atoms with E-state index in [1.807, 2.05) is 0 Å². The zero-order chi connectivity index (χ0) is 24.8. The van der Waals surface area contributed by atoms with E-state index in [0.717, 1.165) is 36.9 Å². The van der Waals surface area contributed by atoms with Crippen LogP contribution in [0.4, 0.5) is 0 Å². The van der Waals surface area contributed by atoms with Gasteiger partial charge in [-0.2, -0.15) is 0 Å². The lowest BCUT2D eigenvalue weighted by molar-refractivity contribution is 0.192. The fourth-order valence-electron chi connectivity index (χ4n) is 6.47. The lowest BCUT2D eigenvalue weighted by atomic mass is 9.79. The van der Waals surface area contributed by atoms with E-state index < -0.39 is 0 Å². The van der Waals surface area contributed by atoms with Gasteiger partial charge in [0.2, 0.25) is 0 Å². The molecule has 1 heteroatoms. The topological polar surface area (TPSA) is 9.23 Å². The van der Waals surface area contributed by atoms with Gasteiger partial charge in [0.15, 0.2) is 0 Å². The Labute approximate surface area is 221 Å². The summed E-state index contributed by atoms with van der Waals surface area (Å²) in [5.41, 5.74) is 0. The summed E-state index contributed by atoms with van der Waals surface area (Å²) in [4.78, 5) is 0. The predicted molar refractivity (Wildman–Crippen MR) is 156 cm³/mol. The molecule has 2 saturated carbocycles. The third-order valence-electron chi connectivity index (χ3n) is 8.96. The van der Waals surface area contributed by atoms with Gasteiger partial charge in [-0.05, 0) is 75.0 Å². The molecule has 0 amide bonds. The summed E-state index contributed by atoms with van der Waals surface area (Å²) in [5.74, 6) is 3.64. The number of rotatable bonds is 20. The first-order valence-corrected chi connectivity index (χ1v) is 16.2. The molecule has 0 saturated heterocycles. The first kappa shape index (κ1) is 30.7. The Hall–Kier alpha value is -0.560. The first-order chi connectivity index (χ1) is 17.3. The highest BCUT2D eigenvalue weighted by Crippen LogP contribution is 2.33. The van der Waals surface area contributed by atoms with Gasteiger partial charge in [-0.25, -0.2) is 0 Å². The minimum Gasteiger partial charge on any atom is -0.373 e. The largest absolute Gasteiger partial charge is 0.373 e. The van der Waals surface area contributed by atoms with Crippen molar-refractivity contribution in [3.8, 4) is 0 Å². The molecule has 2 aliphatic carbocycles. The maximum Gasteiger partial charge on any atom is 0.0651 e. The van der Waals surface area contributed by atoms with Gasteiger partial charge in [0.1, 0.15) is 0 Å². The molecule has 0 unspecified atom stereocenters. The van der Waals surface area contributed by atoms with E-state index in [9.17, 15) is 0 Å². The summed E-state index contributed by atoms with van der Waals surface area (Å²) in [5, 5.41) is 0. The van der Waals surface area contributed by atoms with Crippen LogP contribution in [-0.2, 0) is 4.74 Å². The summed E-state index contributed by atoms with van der Waals surface area (Å²) in [6.45, 7) is 6.18. The molecule has 2 fully saturated rings. The average Bonchev–Trinajstić information content (AvgIpc) is 2.89. The summed E-state index contributed by atoms with van der Waals surface area (Å²) in [7, 11) is 0. The highest BCUT2D eigenvalue weighted by atomic mass is 16.5. The Kier molecular flexibility index (Phi) is 18.9. The van der Waals surface area contributed by atoms with Crippen LogP contribution in [0.25, 0.3) is 0 Å². The van der Waals surface area contributed by atoms with Crippen LogP contribution in [0, 0.1) is 23.7 Å². The van der Waals surface area contributed by atoms with Crippen LogP contribution in [0.15, 0.2) is 24.3 Å². The maximum absolute atomic E-state index is 5.87. The van der Waals surface area contributed by atoms with Crippen molar-refractivity contribution in [1.82, 2.24) is 0 Å². The lowest BCUT2D eigenvalue weighted by Gasteiger charge is -2.26. The minimum atomic E-state index is 0.785. The Bertz CT molecular complexity index is 459. The Balaban J connectivity index is 1.40. The third-order valence-corrected chi connectivity index (χ3v) is 8.96. The number of ether oxygens (including phenoxy) is 1. The molecular formula is C34H62O. The SMILES string of the molecule is CCCCCCCC[C@H]1CC[C@H](/C=C/COC/C=C/[C@H]2CC[C@H](CCCCCCCC)CC2)CC1. The molecule has 35 heavy (non-hydrogen) atoms. The van der Waals surface area contributed by atoms with Crippen molar-refractivity contribution in [2.75, 3.05) is 13.2 Å². The van der Waals surface area contributed by atoms with Crippen molar-refractivity contribution < 1.29 is 4.74 Å². The Morgan fingerprint density at radius 2 is 0.857 bits per heavy atom. The number of hydrogen-bond donors (Lipinski definition) is 0. The second-order valence-corrected chi connectivity index (χ2v) is 12.1. The second kappa shape index (κ2) is 21.5. The molecule has 0 bridgehead atoms. The standard InChI is InChI=1S/C34H62O/c1-3-5-7-9-11-13-17-31-21-25-33(26-22-31)19-15-29-35-30-16-20-34-27-23-32(24-28-34)18-14-12-10-8-6-4-2/h15-16,19-20,31-34H,3-14,17-18,21-30H2,1-2H3/b19-15+,20-16+/t31-,32-,33-,34-. The zero-order valence-corrected chi connectivity index (χ0v) is 24.0. The molecule has 0 heterocycles. The smallest absolute Gasteiger partial charge is 0.0651 e. The van der Waals surface area contributed by atoms with Crippen molar-refractivity contribution in [3.63, 3.8) is 0 Å². The fourth-order valence-corrected chi connectivity index (χ4v) is 6.47. The van der Waals surface area contributed by atoms with Crippen LogP contribution >= 0.6 is 0 Å². The summed E-state index contributed by atoms with van der Waals surface area (Å²) in [6.07, 6.45) is 41.1. The van der Waals surface area contributed by atoms with Gasteiger partial charge in [-0.15, -0.1) is 0 Å². The second-order valence-electron chi connectivity index (χ2n) is 12.1. The summed E-state index contributed by atoms with van der Waals surface area (Å²) < 4.78 is 5.87. The van der Waals surface area contributed by atoms with Gasteiger partial charge in [-0.1, -0.05) is 128 Å². The lowest BCUT2D eigenvalue weighted by Crippen LogP contribution is -2.13. The third kappa shape index (κ3) is 16.0. The molecule has 204 valence electrons. The van der Waals surface area contributed by atoms with E-state index in [2.05, 4.69) is 38.2 Å². The first-order valence-electron chi connectivity index (χ1n) is 16.2. The van der Waals surface area contributed by atoms with Gasteiger partial charge in [0, 0.05) is 0 Å². The van der Waals surface area contributed by atoms with Crippen molar-refractivity contribution in [2.45, 2.75) is 155 Å². The monoisotopic (exact) mass is 486 g/mol. The van der Waals surface area contributed by atoms with Gasteiger partial charge < -0.3 is 4.74 Å². The van der Waals surface area contributed by atoms with Crippen molar-refractivity contribution in [1.29, 1.82) is 0 Å². The van der Waals surface area contributed by atoms with E-state index >= 15 is 0 Å². The zero-order valence-electron chi connectivity index (χ0n) is 24.0. The molecule has 2 rings (SSSR count). The van der Waals surface area contributed by atoms with Crippen LogP contribution in [0.2, 0.25) is 0 Å². The number of unbranched alkanes of at least 4 members (excludes halogenated alkanes) is 10. The van der Waals surface area contributed by atoms with Crippen molar-refractivity contribution in [2.24, 2.45) is 23.7 Å². The Morgan fingerprint density at radius 1 is 0.486 bits per heavy atom. The molecule has 2 aliphatic rings. The number of allylic oxidation sites excluding steroid dienone is 2. The molecule has 0 aromatic heterocycles. The van der Waals surface area contributed by atoms with Gasteiger partial charge >= 0.3 is 0 Å². The van der Waals surface area contributed by atoms with Gasteiger partial charge in [-0.3, -0.25) is 0 Å². The molecular weight excluding hydrogens is 424 g/mol. The molecule has 0 spiro atoms. The molecule has 0 aromatic carbocycles. The quantitative estimate of drug-likeness (QED) is 0.123. The van der Waals surface area contributed by atoms with E-state index in [4.69, 9.17) is 4.74 Å². The number of hydrogen-bond acceptors (Lipinski definition) is 1.